The molecule has 0 spiro atoms. The van der Waals surface area contributed by atoms with Gasteiger partial charge >= 0.3 is 12.1 Å². The van der Waals surface area contributed by atoms with E-state index in [9.17, 15) is 9.59 Å². The Hall–Kier alpha value is -2.21. The standard InChI is InChI=1S/C18H23NO4S/c1-18(2,3)23-17(22)19-14(16(20)21)11-6-4-5-9-13-10-7-8-12-15(13)24/h4-10,14H,11-12H2,1-3H3,(H,19,22)(H,20,21)/t14-/m0/s1. The largest absolute Gasteiger partial charge is 0.480 e. The van der Waals surface area contributed by atoms with Crippen molar-refractivity contribution in [3.8, 4) is 0 Å². The number of allylic oxidation sites excluding steroid dienone is 7. The number of rotatable bonds is 6. The van der Waals surface area contributed by atoms with Crippen molar-refractivity contribution in [1.29, 1.82) is 0 Å². The van der Waals surface area contributed by atoms with Crippen LogP contribution in [0.15, 0.2) is 48.1 Å². The molecule has 0 saturated carbocycles. The molecule has 24 heavy (non-hydrogen) atoms. The maximum Gasteiger partial charge on any atom is 0.408 e. The van der Waals surface area contributed by atoms with Gasteiger partial charge in [0.15, 0.2) is 0 Å². The summed E-state index contributed by atoms with van der Waals surface area (Å²) in [7, 11) is 0. The first-order valence-corrected chi connectivity index (χ1v) is 8.05. The van der Waals surface area contributed by atoms with Crippen molar-refractivity contribution >= 4 is 29.1 Å². The highest BCUT2D eigenvalue weighted by molar-refractivity contribution is 7.80. The maximum absolute atomic E-state index is 11.6. The summed E-state index contributed by atoms with van der Waals surface area (Å²) in [6.07, 6.45) is 13.1. The van der Waals surface area contributed by atoms with Crippen molar-refractivity contribution in [3.05, 3.63) is 48.1 Å². The summed E-state index contributed by atoms with van der Waals surface area (Å²) < 4.78 is 5.06. The highest BCUT2D eigenvalue weighted by Gasteiger charge is 2.22. The molecule has 5 nitrogen and oxygen atoms in total. The van der Waals surface area contributed by atoms with E-state index in [1.165, 1.54) is 0 Å². The number of amides is 1. The molecule has 0 unspecified atom stereocenters. The molecule has 0 heterocycles. The fourth-order valence-corrected chi connectivity index (χ4v) is 2.06. The summed E-state index contributed by atoms with van der Waals surface area (Å²) in [6, 6.07) is -1.04. The molecule has 1 aliphatic rings. The van der Waals surface area contributed by atoms with E-state index < -0.39 is 23.7 Å². The number of hydrogen-bond acceptors (Lipinski definition) is 4. The number of hydrogen-bond donors (Lipinski definition) is 2. The molecule has 0 bridgehead atoms. The summed E-state index contributed by atoms with van der Waals surface area (Å²) in [4.78, 5) is 23.7. The quantitative estimate of drug-likeness (QED) is 0.564. The van der Waals surface area contributed by atoms with Gasteiger partial charge in [0.2, 0.25) is 0 Å². The summed E-state index contributed by atoms with van der Waals surface area (Å²) >= 11 is 5.24. The van der Waals surface area contributed by atoms with Crippen LogP contribution in [0.25, 0.3) is 0 Å². The van der Waals surface area contributed by atoms with Crippen LogP contribution in [-0.2, 0) is 9.53 Å². The first-order valence-electron chi connectivity index (χ1n) is 7.64. The highest BCUT2D eigenvalue weighted by Crippen LogP contribution is 2.11. The lowest BCUT2D eigenvalue weighted by molar-refractivity contribution is -0.139. The van der Waals surface area contributed by atoms with Gasteiger partial charge in [-0.25, -0.2) is 9.59 Å². The average Bonchev–Trinajstić information content (AvgIpc) is 2.45. The number of alkyl carbamates (subject to hydrolysis) is 1. The van der Waals surface area contributed by atoms with Gasteiger partial charge < -0.3 is 15.2 Å². The number of aliphatic carboxylic acids is 1. The van der Waals surface area contributed by atoms with E-state index in [0.29, 0.717) is 0 Å². The van der Waals surface area contributed by atoms with Gasteiger partial charge in [-0.3, -0.25) is 0 Å². The highest BCUT2D eigenvalue weighted by atomic mass is 32.1. The smallest absolute Gasteiger partial charge is 0.408 e. The number of ether oxygens (including phenoxy) is 1. The summed E-state index contributed by atoms with van der Waals surface area (Å²) in [6.45, 7) is 5.14. The zero-order valence-electron chi connectivity index (χ0n) is 14.1. The van der Waals surface area contributed by atoms with E-state index in [0.717, 1.165) is 16.9 Å². The number of carbonyl (C=O) groups is 2. The Balaban J connectivity index is 2.53. The van der Waals surface area contributed by atoms with Crippen molar-refractivity contribution in [1.82, 2.24) is 5.32 Å². The van der Waals surface area contributed by atoms with Crippen LogP contribution >= 0.6 is 12.2 Å². The number of carboxylic acid groups (broad SMARTS) is 1. The summed E-state index contributed by atoms with van der Waals surface area (Å²) in [5.74, 6) is -1.12. The van der Waals surface area contributed by atoms with Crippen molar-refractivity contribution in [3.63, 3.8) is 0 Å². The zero-order valence-corrected chi connectivity index (χ0v) is 14.9. The molecule has 1 amide bonds. The number of carbonyl (C=O) groups excluding carboxylic acids is 1. The predicted molar refractivity (Wildman–Crippen MR) is 98.1 cm³/mol. The van der Waals surface area contributed by atoms with E-state index in [2.05, 4.69) is 5.32 Å². The molecule has 0 fully saturated rings. The van der Waals surface area contributed by atoms with Crippen LogP contribution < -0.4 is 5.32 Å². The fourth-order valence-electron chi connectivity index (χ4n) is 1.83. The van der Waals surface area contributed by atoms with Gasteiger partial charge in [-0.1, -0.05) is 54.8 Å². The van der Waals surface area contributed by atoms with Crippen molar-refractivity contribution in [2.45, 2.75) is 45.3 Å². The van der Waals surface area contributed by atoms with Gasteiger partial charge in [0.1, 0.15) is 11.6 Å². The molecule has 0 aromatic rings. The average molecular weight is 349 g/mol. The van der Waals surface area contributed by atoms with Crippen LogP contribution in [0, 0.1) is 0 Å². The van der Waals surface area contributed by atoms with E-state index in [-0.39, 0.29) is 6.42 Å². The second-order valence-electron chi connectivity index (χ2n) is 6.24. The predicted octanol–water partition coefficient (Wildman–Crippen LogP) is 3.72. The number of nitrogens with one attached hydrogen (secondary N) is 1. The van der Waals surface area contributed by atoms with E-state index in [4.69, 9.17) is 22.1 Å². The molecule has 1 atom stereocenters. The molecule has 0 aromatic heterocycles. The van der Waals surface area contributed by atoms with E-state index in [1.807, 2.05) is 24.3 Å². The molecular weight excluding hydrogens is 326 g/mol. The number of carboxylic acids is 1. The molecule has 0 aromatic carbocycles. The third-order valence-electron chi connectivity index (χ3n) is 2.92. The SMILES string of the molecule is CC(C)(C)OC(=O)N[C@@H](CC=CC=CC1=CC=CCC1=S)C(=O)O. The Morgan fingerprint density at radius 1 is 1.42 bits per heavy atom. The topological polar surface area (TPSA) is 75.6 Å². The van der Waals surface area contributed by atoms with Gasteiger partial charge in [-0.05, 0) is 32.8 Å². The maximum atomic E-state index is 11.6. The van der Waals surface area contributed by atoms with Crippen LogP contribution in [0.1, 0.15) is 33.6 Å². The molecule has 0 radical (unpaired) electrons. The fraction of sp³-hybridized carbons (Fsp3) is 0.389. The van der Waals surface area contributed by atoms with Gasteiger partial charge in [-0.2, -0.15) is 0 Å². The molecule has 0 saturated heterocycles. The minimum absolute atomic E-state index is 0.155. The van der Waals surface area contributed by atoms with E-state index >= 15 is 0 Å². The molecule has 6 heteroatoms. The second-order valence-corrected chi connectivity index (χ2v) is 6.73. The summed E-state index contributed by atoms with van der Waals surface area (Å²) in [5.41, 5.74) is 0.297. The molecule has 1 aliphatic carbocycles. The van der Waals surface area contributed by atoms with Crippen LogP contribution in [0.4, 0.5) is 4.79 Å². The first kappa shape index (κ1) is 19.8. The Morgan fingerprint density at radius 3 is 2.71 bits per heavy atom. The Labute approximate surface area is 147 Å². The Morgan fingerprint density at radius 2 is 2.12 bits per heavy atom. The van der Waals surface area contributed by atoms with Crippen LogP contribution in [0.2, 0.25) is 0 Å². The van der Waals surface area contributed by atoms with Crippen LogP contribution in [0.5, 0.6) is 0 Å². The molecule has 2 N–H and O–H groups in total. The Bertz CT molecular complexity index is 609. The third-order valence-corrected chi connectivity index (χ3v) is 3.32. The van der Waals surface area contributed by atoms with Crippen molar-refractivity contribution < 1.29 is 19.4 Å². The normalized spacial score (nSPS) is 16.3. The first-order chi connectivity index (χ1) is 11.2. The lowest BCUT2D eigenvalue weighted by Crippen LogP contribution is -2.43. The van der Waals surface area contributed by atoms with Crippen molar-refractivity contribution in [2.24, 2.45) is 0 Å². The van der Waals surface area contributed by atoms with E-state index in [1.54, 1.807) is 39.0 Å². The Kier molecular flexibility index (Phi) is 7.58. The minimum Gasteiger partial charge on any atom is -0.480 e. The van der Waals surface area contributed by atoms with Gasteiger partial charge in [0.05, 0.1) is 0 Å². The lowest BCUT2D eigenvalue weighted by atomic mass is 10.0. The van der Waals surface area contributed by atoms with Crippen LogP contribution in [0.3, 0.4) is 0 Å². The third kappa shape index (κ3) is 7.87. The zero-order chi connectivity index (χ0) is 18.2. The van der Waals surface area contributed by atoms with Gasteiger partial charge in [0.25, 0.3) is 0 Å². The molecule has 130 valence electrons. The van der Waals surface area contributed by atoms with Gasteiger partial charge in [0, 0.05) is 11.3 Å². The summed E-state index contributed by atoms with van der Waals surface area (Å²) in [5, 5.41) is 11.5. The minimum atomic E-state index is -1.12. The second kappa shape index (κ2) is 9.17. The van der Waals surface area contributed by atoms with Crippen molar-refractivity contribution in [2.75, 3.05) is 0 Å². The molecule has 0 aliphatic heterocycles. The molecule has 1 rings (SSSR count). The lowest BCUT2D eigenvalue weighted by Gasteiger charge is -2.21. The molecular formula is C18H23NO4S. The van der Waals surface area contributed by atoms with Gasteiger partial charge in [-0.15, -0.1) is 0 Å². The monoisotopic (exact) mass is 349 g/mol. The van der Waals surface area contributed by atoms with Crippen LogP contribution in [-0.4, -0.2) is 33.7 Å². The number of thiocarbonyl (C=S) groups is 1.